The van der Waals surface area contributed by atoms with E-state index in [2.05, 4.69) is 4.98 Å². The number of fused-ring (bicyclic) bond motifs is 2. The van der Waals surface area contributed by atoms with Gasteiger partial charge < -0.3 is 9.30 Å². The van der Waals surface area contributed by atoms with E-state index in [-0.39, 0.29) is 0 Å². The van der Waals surface area contributed by atoms with Gasteiger partial charge in [0.25, 0.3) is 0 Å². The van der Waals surface area contributed by atoms with Crippen molar-refractivity contribution in [2.24, 2.45) is 18.9 Å². The monoisotopic (exact) mass is 405 g/mol. The summed E-state index contributed by atoms with van der Waals surface area (Å²) in [5.74, 6) is 1.73. The molecule has 6 nitrogen and oxygen atoms in total. The SMILES string of the molecule is Cn1ccnc1SC1C[C@@H]2CN(S(=O)(=O)c3ccc4c(c3)CCO4)C[C@H]2C1. The average Bonchev–Trinajstić information content (AvgIpc) is 3.39. The van der Waals surface area contributed by atoms with Crippen molar-refractivity contribution in [2.75, 3.05) is 19.7 Å². The molecule has 2 atom stereocenters. The van der Waals surface area contributed by atoms with Crippen molar-refractivity contribution in [1.82, 2.24) is 13.9 Å². The molecule has 0 spiro atoms. The number of imidazole rings is 1. The Hall–Kier alpha value is -1.51. The molecule has 8 heteroatoms. The molecular formula is C19H23N3O3S2. The Morgan fingerprint density at radius 2 is 2.00 bits per heavy atom. The third-order valence-corrected chi connectivity index (χ3v) is 9.17. The molecule has 0 bridgehead atoms. The van der Waals surface area contributed by atoms with E-state index in [1.54, 1.807) is 22.5 Å². The minimum Gasteiger partial charge on any atom is -0.493 e. The van der Waals surface area contributed by atoms with Gasteiger partial charge in [0, 0.05) is 44.2 Å². The maximum Gasteiger partial charge on any atom is 0.243 e. The summed E-state index contributed by atoms with van der Waals surface area (Å²) in [7, 11) is -1.41. The summed E-state index contributed by atoms with van der Waals surface area (Å²) in [5, 5.41) is 1.58. The summed E-state index contributed by atoms with van der Waals surface area (Å²) >= 11 is 1.83. The van der Waals surface area contributed by atoms with Gasteiger partial charge in [0.1, 0.15) is 5.75 Å². The van der Waals surface area contributed by atoms with Gasteiger partial charge in [0.15, 0.2) is 5.16 Å². The molecule has 1 aliphatic carbocycles. The largest absolute Gasteiger partial charge is 0.493 e. The summed E-state index contributed by atoms with van der Waals surface area (Å²) in [5.41, 5.74) is 1.00. The molecule has 2 aromatic rings. The number of sulfonamides is 1. The van der Waals surface area contributed by atoms with Gasteiger partial charge in [-0.1, -0.05) is 11.8 Å². The van der Waals surface area contributed by atoms with Crippen LogP contribution in [0.3, 0.4) is 0 Å². The van der Waals surface area contributed by atoms with Crippen LogP contribution in [0.25, 0.3) is 0 Å². The molecule has 3 aliphatic rings. The fraction of sp³-hybridized carbons (Fsp3) is 0.526. The van der Waals surface area contributed by atoms with Gasteiger partial charge >= 0.3 is 0 Å². The number of ether oxygens (including phenoxy) is 1. The zero-order chi connectivity index (χ0) is 18.6. The fourth-order valence-corrected chi connectivity index (χ4v) is 7.52. The number of aromatic nitrogens is 2. The van der Waals surface area contributed by atoms with Crippen LogP contribution in [0.5, 0.6) is 5.75 Å². The van der Waals surface area contributed by atoms with E-state index >= 15 is 0 Å². The molecular weight excluding hydrogens is 382 g/mol. The molecule has 1 saturated heterocycles. The minimum atomic E-state index is -3.42. The Morgan fingerprint density at radius 3 is 2.70 bits per heavy atom. The average molecular weight is 406 g/mol. The Bertz CT molecular complexity index is 958. The van der Waals surface area contributed by atoms with Crippen LogP contribution >= 0.6 is 11.8 Å². The number of nitrogens with zero attached hydrogens (tertiary/aromatic N) is 3. The quantitative estimate of drug-likeness (QED) is 0.782. The number of thioether (sulfide) groups is 1. The molecule has 1 aromatic heterocycles. The fourth-order valence-electron chi connectivity index (χ4n) is 4.58. The van der Waals surface area contributed by atoms with Gasteiger partial charge in [-0.3, -0.25) is 0 Å². The lowest BCUT2D eigenvalue weighted by molar-refractivity contribution is 0.356. The number of rotatable bonds is 4. The Kier molecular flexibility index (Phi) is 4.25. The summed E-state index contributed by atoms with van der Waals surface area (Å²) in [6, 6.07) is 5.28. The first kappa shape index (κ1) is 17.6. The normalized spacial score (nSPS) is 25.5. The summed E-state index contributed by atoms with van der Waals surface area (Å²) in [4.78, 5) is 4.81. The third-order valence-electron chi connectivity index (χ3n) is 6.02. The maximum absolute atomic E-state index is 13.1. The third kappa shape index (κ3) is 3.07. The van der Waals surface area contributed by atoms with Crippen LogP contribution in [0.4, 0.5) is 0 Å². The van der Waals surface area contributed by atoms with E-state index in [1.807, 2.05) is 35.8 Å². The van der Waals surface area contributed by atoms with Crippen LogP contribution in [-0.4, -0.2) is 47.2 Å². The highest BCUT2D eigenvalue weighted by molar-refractivity contribution is 7.99. The topological polar surface area (TPSA) is 64.4 Å². The highest BCUT2D eigenvalue weighted by Crippen LogP contribution is 2.46. The molecule has 1 saturated carbocycles. The summed E-state index contributed by atoms with van der Waals surface area (Å²) in [6.45, 7) is 1.91. The standard InChI is InChI=1S/C19H23N3O3S2/c1-21-6-5-20-19(21)26-16-8-14-11-22(12-15(14)9-16)27(23,24)17-2-3-18-13(10-17)4-7-25-18/h2-3,5-6,10,14-16H,4,7-9,11-12H2,1H3/t14-,15-/m1/s1. The van der Waals surface area contributed by atoms with Gasteiger partial charge in [0.05, 0.1) is 11.5 Å². The molecule has 3 heterocycles. The minimum absolute atomic E-state index is 0.408. The van der Waals surface area contributed by atoms with E-state index in [1.165, 1.54) is 0 Å². The van der Waals surface area contributed by atoms with Gasteiger partial charge in [-0.15, -0.1) is 0 Å². The number of benzene rings is 1. The van der Waals surface area contributed by atoms with Gasteiger partial charge in [-0.05, 0) is 48.4 Å². The van der Waals surface area contributed by atoms with Crippen molar-refractivity contribution in [1.29, 1.82) is 0 Å². The zero-order valence-electron chi connectivity index (χ0n) is 15.2. The maximum atomic E-state index is 13.1. The Morgan fingerprint density at radius 1 is 1.22 bits per heavy atom. The molecule has 27 heavy (non-hydrogen) atoms. The van der Waals surface area contributed by atoms with E-state index in [0.29, 0.717) is 41.7 Å². The molecule has 1 aromatic carbocycles. The van der Waals surface area contributed by atoms with Gasteiger partial charge in [0.2, 0.25) is 10.0 Å². The van der Waals surface area contributed by atoms with Crippen molar-refractivity contribution in [2.45, 2.75) is 34.6 Å². The predicted molar refractivity (Wildman–Crippen MR) is 103 cm³/mol. The summed E-state index contributed by atoms with van der Waals surface area (Å²) in [6.07, 6.45) is 6.71. The van der Waals surface area contributed by atoms with E-state index < -0.39 is 10.0 Å². The van der Waals surface area contributed by atoms with Crippen molar-refractivity contribution in [3.63, 3.8) is 0 Å². The molecule has 0 radical (unpaired) electrons. The smallest absolute Gasteiger partial charge is 0.243 e. The Balaban J connectivity index is 1.27. The second kappa shape index (κ2) is 6.53. The Labute approximate surface area is 164 Å². The van der Waals surface area contributed by atoms with Gasteiger partial charge in [-0.2, -0.15) is 4.31 Å². The lowest BCUT2D eigenvalue weighted by Gasteiger charge is -2.19. The van der Waals surface area contributed by atoms with E-state index in [9.17, 15) is 8.42 Å². The highest BCUT2D eigenvalue weighted by Gasteiger charge is 2.45. The van der Waals surface area contributed by atoms with Crippen LogP contribution in [0.2, 0.25) is 0 Å². The van der Waals surface area contributed by atoms with Crippen molar-refractivity contribution in [3.05, 3.63) is 36.2 Å². The van der Waals surface area contributed by atoms with E-state index in [4.69, 9.17) is 4.74 Å². The van der Waals surface area contributed by atoms with Crippen molar-refractivity contribution < 1.29 is 13.2 Å². The van der Waals surface area contributed by atoms with Crippen LogP contribution < -0.4 is 4.74 Å². The van der Waals surface area contributed by atoms with E-state index in [0.717, 1.165) is 35.7 Å². The zero-order valence-corrected chi connectivity index (χ0v) is 16.9. The van der Waals surface area contributed by atoms with Crippen LogP contribution in [0, 0.1) is 11.8 Å². The predicted octanol–water partition coefficient (Wildman–Crippen LogP) is 2.55. The van der Waals surface area contributed by atoms with Gasteiger partial charge in [-0.25, -0.2) is 13.4 Å². The number of hydrogen-bond acceptors (Lipinski definition) is 5. The molecule has 5 rings (SSSR count). The first-order valence-electron chi connectivity index (χ1n) is 9.40. The molecule has 0 unspecified atom stereocenters. The lowest BCUT2D eigenvalue weighted by atomic mass is 10.0. The van der Waals surface area contributed by atoms with Crippen LogP contribution in [-0.2, 0) is 23.5 Å². The number of hydrogen-bond donors (Lipinski definition) is 0. The molecule has 2 fully saturated rings. The second-order valence-electron chi connectivity index (χ2n) is 7.74. The number of aryl methyl sites for hydroxylation is 1. The molecule has 0 amide bonds. The van der Waals surface area contributed by atoms with Crippen LogP contribution in [0.15, 0.2) is 40.6 Å². The van der Waals surface area contributed by atoms with Crippen LogP contribution in [0.1, 0.15) is 18.4 Å². The highest BCUT2D eigenvalue weighted by atomic mass is 32.2. The summed E-state index contributed by atoms with van der Waals surface area (Å²) < 4.78 is 35.5. The van der Waals surface area contributed by atoms with Crippen molar-refractivity contribution >= 4 is 21.8 Å². The first-order valence-corrected chi connectivity index (χ1v) is 11.7. The van der Waals surface area contributed by atoms with Crippen molar-refractivity contribution in [3.8, 4) is 5.75 Å². The molecule has 144 valence electrons. The molecule has 0 N–H and O–H groups in total. The lowest BCUT2D eigenvalue weighted by Crippen LogP contribution is -2.30. The first-order chi connectivity index (χ1) is 13.0. The second-order valence-corrected chi connectivity index (χ2v) is 10.9. The molecule has 2 aliphatic heterocycles.